The topological polar surface area (TPSA) is 137 Å². The number of hydrogen-bond donors (Lipinski definition) is 5. The van der Waals surface area contributed by atoms with Gasteiger partial charge in [-0.1, -0.05) is 39.0 Å². The van der Waals surface area contributed by atoms with Gasteiger partial charge in [-0.2, -0.15) is 0 Å². The van der Waals surface area contributed by atoms with E-state index in [2.05, 4.69) is 20.1 Å². The number of amides is 2. The maximum absolute atomic E-state index is 12.8. The van der Waals surface area contributed by atoms with Crippen molar-refractivity contribution in [2.24, 2.45) is 5.41 Å². The molecule has 32 heavy (non-hydrogen) atoms. The van der Waals surface area contributed by atoms with Crippen molar-refractivity contribution in [1.29, 1.82) is 0 Å². The molecule has 11 heteroatoms. The third-order valence-corrected chi connectivity index (χ3v) is 6.12. The number of carbonyl (C=O) groups is 2. The van der Waals surface area contributed by atoms with Crippen LogP contribution in [0, 0.1) is 5.41 Å². The van der Waals surface area contributed by atoms with Crippen LogP contribution in [0.5, 0.6) is 5.75 Å². The SMILES string of the molecule is CO[C@@H](C(=O)NC1CSc2cccc(OP)c2NC1=O)[C@H](O)[C@@H](O)[C@H](O)C=CC(C)(C)C. The second kappa shape index (κ2) is 11.4. The number of aliphatic hydroxyl groups is 3. The smallest absolute Gasteiger partial charge is 0.252 e. The van der Waals surface area contributed by atoms with E-state index in [9.17, 15) is 24.9 Å². The fraction of sp³-hybridized carbons (Fsp3) is 0.524. The number of anilines is 1. The van der Waals surface area contributed by atoms with Crippen molar-refractivity contribution in [3.63, 3.8) is 0 Å². The number of thioether (sulfide) groups is 1. The lowest BCUT2D eigenvalue weighted by Crippen LogP contribution is -2.55. The summed E-state index contributed by atoms with van der Waals surface area (Å²) >= 11 is 1.35. The quantitative estimate of drug-likeness (QED) is 0.272. The molecule has 2 unspecified atom stereocenters. The molecule has 0 aliphatic carbocycles. The highest BCUT2D eigenvalue weighted by Crippen LogP contribution is 2.38. The number of carbonyl (C=O) groups excluding carboxylic acids is 2. The molecule has 2 amide bonds. The van der Waals surface area contributed by atoms with E-state index in [1.54, 1.807) is 18.2 Å². The summed E-state index contributed by atoms with van der Waals surface area (Å²) in [6, 6.07) is 4.38. The summed E-state index contributed by atoms with van der Waals surface area (Å²) in [5.74, 6) is -0.556. The molecule has 178 valence electrons. The molecular weight excluding hydrogens is 455 g/mol. The Kier molecular flexibility index (Phi) is 9.51. The number of allylic oxidation sites excluding steroid dienone is 1. The molecule has 6 atom stereocenters. The standard InChI is InChI=1S/C21H31N2O7PS/c1-21(2,3)9-8-12(24)16(25)17(26)18(29-4)20(28)22-11-10-32-14-7-5-6-13(30-31)15(14)23-19(11)27/h5-9,11-12,16-18,24-26H,10,31H2,1-4H3,(H,22,28)(H,23,27)/t11?,12-,16+,17-,18-/m1/s1. The van der Waals surface area contributed by atoms with E-state index in [0.717, 1.165) is 4.90 Å². The van der Waals surface area contributed by atoms with Crippen molar-refractivity contribution < 1.29 is 34.2 Å². The van der Waals surface area contributed by atoms with E-state index >= 15 is 0 Å². The molecular formula is C21H31N2O7PS. The van der Waals surface area contributed by atoms with Crippen LogP contribution in [0.2, 0.25) is 0 Å². The molecule has 0 spiro atoms. The zero-order chi connectivity index (χ0) is 24.1. The van der Waals surface area contributed by atoms with Gasteiger partial charge < -0.3 is 35.2 Å². The lowest BCUT2D eigenvalue weighted by atomic mass is 9.94. The van der Waals surface area contributed by atoms with Crippen LogP contribution < -0.4 is 15.2 Å². The normalized spacial score (nSPS) is 20.5. The first-order chi connectivity index (χ1) is 15.0. The van der Waals surface area contributed by atoms with Crippen LogP contribution in [0.3, 0.4) is 0 Å². The summed E-state index contributed by atoms with van der Waals surface area (Å²) in [4.78, 5) is 26.2. The summed E-state index contributed by atoms with van der Waals surface area (Å²) in [6.45, 7) is 5.73. The lowest BCUT2D eigenvalue weighted by Gasteiger charge is -2.28. The van der Waals surface area contributed by atoms with Gasteiger partial charge in [-0.25, -0.2) is 0 Å². The number of fused-ring (bicyclic) bond motifs is 1. The average Bonchev–Trinajstić information content (AvgIpc) is 2.89. The van der Waals surface area contributed by atoms with Gasteiger partial charge in [-0.15, -0.1) is 11.8 Å². The van der Waals surface area contributed by atoms with Gasteiger partial charge in [0.15, 0.2) is 6.10 Å². The van der Waals surface area contributed by atoms with Gasteiger partial charge in [-0.05, 0) is 17.5 Å². The minimum Gasteiger partial charge on any atom is -0.478 e. The molecule has 5 N–H and O–H groups in total. The van der Waals surface area contributed by atoms with Gasteiger partial charge in [0.1, 0.15) is 30.1 Å². The summed E-state index contributed by atoms with van der Waals surface area (Å²) in [7, 11) is 3.32. The molecule has 2 rings (SSSR count). The molecule has 1 heterocycles. The third-order valence-electron chi connectivity index (χ3n) is 4.72. The predicted molar refractivity (Wildman–Crippen MR) is 125 cm³/mol. The van der Waals surface area contributed by atoms with Gasteiger partial charge >= 0.3 is 0 Å². The fourth-order valence-corrected chi connectivity index (χ4v) is 4.20. The molecule has 1 aliphatic heterocycles. The van der Waals surface area contributed by atoms with Crippen molar-refractivity contribution in [3.8, 4) is 5.75 Å². The molecule has 1 aromatic carbocycles. The van der Waals surface area contributed by atoms with E-state index in [0.29, 0.717) is 11.4 Å². The van der Waals surface area contributed by atoms with E-state index in [1.165, 1.54) is 24.9 Å². The Morgan fingerprint density at radius 3 is 2.59 bits per heavy atom. The molecule has 0 bridgehead atoms. The summed E-state index contributed by atoms with van der Waals surface area (Å²) in [5.41, 5.74) is 0.259. The largest absolute Gasteiger partial charge is 0.478 e. The monoisotopic (exact) mass is 486 g/mol. The number of aliphatic hydroxyl groups excluding tert-OH is 3. The summed E-state index contributed by atoms with van der Waals surface area (Å²) < 4.78 is 10.3. The Bertz CT molecular complexity index is 846. The molecule has 0 saturated carbocycles. The first-order valence-electron chi connectivity index (χ1n) is 9.98. The first kappa shape index (κ1) is 26.6. The fourth-order valence-electron chi connectivity index (χ4n) is 2.96. The number of ether oxygens (including phenoxy) is 1. The zero-order valence-corrected chi connectivity index (χ0v) is 20.4. The Hall–Kier alpha value is -1.68. The van der Waals surface area contributed by atoms with Crippen molar-refractivity contribution in [3.05, 3.63) is 30.4 Å². The van der Waals surface area contributed by atoms with Crippen LogP contribution in [0.4, 0.5) is 5.69 Å². The Labute approximate surface area is 194 Å². The Balaban J connectivity index is 2.08. The van der Waals surface area contributed by atoms with Gasteiger partial charge in [0.2, 0.25) is 5.91 Å². The molecule has 0 aromatic heterocycles. The second-order valence-electron chi connectivity index (χ2n) is 8.46. The second-order valence-corrected chi connectivity index (χ2v) is 9.76. The molecule has 0 radical (unpaired) electrons. The molecule has 9 nitrogen and oxygen atoms in total. The Morgan fingerprint density at radius 2 is 2.00 bits per heavy atom. The Morgan fingerprint density at radius 1 is 1.31 bits per heavy atom. The number of nitrogens with one attached hydrogen (secondary N) is 2. The van der Waals surface area contributed by atoms with Crippen molar-refractivity contribution in [2.75, 3.05) is 18.2 Å². The maximum atomic E-state index is 12.8. The lowest BCUT2D eigenvalue weighted by molar-refractivity contribution is -0.150. The van der Waals surface area contributed by atoms with E-state index < -0.39 is 42.3 Å². The number of rotatable bonds is 8. The number of benzene rings is 1. The number of methoxy groups -OCH3 is 1. The minimum atomic E-state index is -1.73. The van der Waals surface area contributed by atoms with Crippen molar-refractivity contribution >= 4 is 38.7 Å². The van der Waals surface area contributed by atoms with Crippen LogP contribution in [0.1, 0.15) is 20.8 Å². The third kappa shape index (κ3) is 6.91. The maximum Gasteiger partial charge on any atom is 0.252 e. The number of hydrogen-bond acceptors (Lipinski definition) is 8. The van der Waals surface area contributed by atoms with Crippen LogP contribution in [0.15, 0.2) is 35.2 Å². The van der Waals surface area contributed by atoms with Gasteiger partial charge in [0, 0.05) is 17.8 Å². The minimum absolute atomic E-state index is 0.233. The van der Waals surface area contributed by atoms with Gasteiger partial charge in [0.25, 0.3) is 5.91 Å². The van der Waals surface area contributed by atoms with Gasteiger partial charge in [0.05, 0.1) is 15.2 Å². The molecule has 1 aliphatic rings. The van der Waals surface area contributed by atoms with E-state index in [4.69, 9.17) is 9.26 Å². The van der Waals surface area contributed by atoms with Gasteiger partial charge in [-0.3, -0.25) is 9.59 Å². The van der Waals surface area contributed by atoms with Crippen LogP contribution in [-0.4, -0.2) is 70.5 Å². The summed E-state index contributed by atoms with van der Waals surface area (Å²) in [5, 5.41) is 36.2. The number of para-hydroxylation sites is 1. The zero-order valence-electron chi connectivity index (χ0n) is 18.4. The molecule has 1 aromatic rings. The van der Waals surface area contributed by atoms with E-state index in [-0.39, 0.29) is 11.2 Å². The molecule has 0 fully saturated rings. The van der Waals surface area contributed by atoms with Crippen LogP contribution in [-0.2, 0) is 14.3 Å². The van der Waals surface area contributed by atoms with Crippen LogP contribution >= 0.6 is 21.2 Å². The predicted octanol–water partition coefficient (Wildman–Crippen LogP) is 1.08. The van der Waals surface area contributed by atoms with Crippen molar-refractivity contribution in [2.45, 2.75) is 56.1 Å². The van der Waals surface area contributed by atoms with Crippen molar-refractivity contribution in [1.82, 2.24) is 5.32 Å². The summed E-state index contributed by atoms with van der Waals surface area (Å²) in [6.07, 6.45) is -3.27. The highest BCUT2D eigenvalue weighted by atomic mass is 32.2. The average molecular weight is 487 g/mol. The first-order valence-corrected chi connectivity index (χ1v) is 11.4. The molecule has 0 saturated heterocycles. The van der Waals surface area contributed by atoms with E-state index in [1.807, 2.05) is 26.8 Å². The van der Waals surface area contributed by atoms with Crippen LogP contribution in [0.25, 0.3) is 0 Å². The highest BCUT2D eigenvalue weighted by molar-refractivity contribution is 7.99. The highest BCUT2D eigenvalue weighted by Gasteiger charge is 2.37.